The average Bonchev–Trinajstić information content (AvgIpc) is 3.22. The number of carbonyl (C=O) groups is 2. The molecule has 0 saturated carbocycles. The van der Waals surface area contributed by atoms with Crippen molar-refractivity contribution in [2.45, 2.75) is 91.3 Å². The van der Waals surface area contributed by atoms with Crippen LogP contribution in [0, 0.1) is 12.3 Å². The maximum atomic E-state index is 14.8. The quantitative estimate of drug-likeness (QED) is 0.562. The number of primary amides is 1. The van der Waals surface area contributed by atoms with Crippen LogP contribution in [0.25, 0.3) is 10.1 Å². The first-order valence-corrected chi connectivity index (χ1v) is 13.7. The summed E-state index contributed by atoms with van der Waals surface area (Å²) in [6.07, 6.45) is -3.21. The van der Waals surface area contributed by atoms with E-state index in [9.17, 15) is 14.0 Å². The van der Waals surface area contributed by atoms with Crippen molar-refractivity contribution in [3.63, 3.8) is 0 Å². The van der Waals surface area contributed by atoms with Gasteiger partial charge in [0.2, 0.25) is 0 Å². The number of likely N-dealkylation sites (tertiary alicyclic amines) is 1. The Bertz CT molecular complexity index is 1240. The second kappa shape index (κ2) is 9.68. The number of nitrogens with zero attached hydrogens (tertiary/aromatic N) is 1. The van der Waals surface area contributed by atoms with Gasteiger partial charge in [-0.15, -0.1) is 11.3 Å². The standard InChI is InChI=1S/C27H38BFN2O6S/c1-14-20-17(34-9)10-15(11-19(20)38-22(14)28-36-26(5,6)27(7,8)37-28)23(32)31-13-16(29)12-18(35-24(30)33)21(31)25(2,3)4/h10-11,16,18,21H,12-13H2,1-9H3,(H2,30,33)/t16-,18-,21?/m1/s1. The second-order valence-corrected chi connectivity index (χ2v) is 13.4. The predicted molar refractivity (Wildman–Crippen MR) is 147 cm³/mol. The molecule has 2 N–H and O–H groups in total. The van der Waals surface area contributed by atoms with E-state index in [2.05, 4.69) is 0 Å². The first-order valence-electron chi connectivity index (χ1n) is 12.8. The molecule has 2 aliphatic rings. The van der Waals surface area contributed by atoms with Crippen molar-refractivity contribution in [2.24, 2.45) is 11.1 Å². The smallest absolute Gasteiger partial charge is 0.496 e. The SMILES string of the molecule is COc1cc(C(=O)N2C[C@H](F)C[C@@H](OC(N)=O)C2C(C)(C)C)cc2sc(B3OC(C)(C)C(C)(C)O3)c(C)c12. The topological polar surface area (TPSA) is 100 Å². The van der Waals surface area contributed by atoms with Crippen LogP contribution in [0.4, 0.5) is 9.18 Å². The van der Waals surface area contributed by atoms with E-state index in [-0.39, 0.29) is 18.9 Å². The number of aryl methyl sites for hydroxylation is 1. The van der Waals surface area contributed by atoms with Crippen molar-refractivity contribution in [3.8, 4) is 5.75 Å². The molecule has 11 heteroatoms. The highest BCUT2D eigenvalue weighted by molar-refractivity contribution is 7.28. The summed E-state index contributed by atoms with van der Waals surface area (Å²) < 4.78 is 40.2. The fraction of sp³-hybridized carbons (Fsp3) is 0.630. The molecular formula is C27H38BFN2O6S. The Morgan fingerprint density at radius 2 is 1.79 bits per heavy atom. The minimum absolute atomic E-state index is 0.0153. The van der Waals surface area contributed by atoms with Crippen molar-refractivity contribution in [1.29, 1.82) is 0 Å². The van der Waals surface area contributed by atoms with Crippen LogP contribution in [0.15, 0.2) is 12.1 Å². The summed E-state index contributed by atoms with van der Waals surface area (Å²) in [5, 5.41) is 0.878. The molecule has 1 aromatic carbocycles. The number of rotatable bonds is 4. The van der Waals surface area contributed by atoms with E-state index < -0.39 is 48.1 Å². The highest BCUT2D eigenvalue weighted by Gasteiger charge is 2.53. The van der Waals surface area contributed by atoms with Crippen molar-refractivity contribution >= 4 is 45.3 Å². The van der Waals surface area contributed by atoms with Gasteiger partial charge in [0.25, 0.3) is 5.91 Å². The number of halogens is 1. The van der Waals surface area contributed by atoms with Gasteiger partial charge in [0.15, 0.2) is 0 Å². The fourth-order valence-corrected chi connectivity index (χ4v) is 6.69. The van der Waals surface area contributed by atoms with Crippen molar-refractivity contribution in [2.75, 3.05) is 13.7 Å². The summed E-state index contributed by atoms with van der Waals surface area (Å²) in [6.45, 7) is 15.7. The Morgan fingerprint density at radius 3 is 2.32 bits per heavy atom. The van der Waals surface area contributed by atoms with Crippen LogP contribution in [0.3, 0.4) is 0 Å². The summed E-state index contributed by atoms with van der Waals surface area (Å²) in [5.74, 6) is 0.169. The lowest BCUT2D eigenvalue weighted by molar-refractivity contribution is -0.0570. The molecule has 1 aromatic heterocycles. The van der Waals surface area contributed by atoms with Crippen molar-refractivity contribution < 1.29 is 32.8 Å². The molecule has 0 spiro atoms. The monoisotopic (exact) mass is 548 g/mol. The number of alkyl halides is 1. The van der Waals surface area contributed by atoms with Crippen LogP contribution in [0.5, 0.6) is 5.75 Å². The van der Waals surface area contributed by atoms with Gasteiger partial charge in [-0.1, -0.05) is 20.8 Å². The first kappa shape index (κ1) is 28.6. The molecule has 208 valence electrons. The van der Waals surface area contributed by atoms with Gasteiger partial charge in [0.05, 0.1) is 30.9 Å². The molecule has 38 heavy (non-hydrogen) atoms. The van der Waals surface area contributed by atoms with Gasteiger partial charge in [0.1, 0.15) is 18.0 Å². The summed E-state index contributed by atoms with van der Waals surface area (Å²) in [6, 6.07) is 2.92. The molecule has 0 radical (unpaired) electrons. The van der Waals surface area contributed by atoms with Gasteiger partial charge >= 0.3 is 13.2 Å². The number of ether oxygens (including phenoxy) is 2. The molecule has 2 fully saturated rings. The molecule has 2 saturated heterocycles. The maximum Gasteiger partial charge on any atom is 0.505 e. The molecule has 0 aliphatic carbocycles. The van der Waals surface area contributed by atoms with Gasteiger partial charge < -0.3 is 29.4 Å². The van der Waals surface area contributed by atoms with Crippen molar-refractivity contribution in [1.82, 2.24) is 4.90 Å². The number of amides is 2. The van der Waals surface area contributed by atoms with Gasteiger partial charge in [-0.25, -0.2) is 9.18 Å². The molecular weight excluding hydrogens is 510 g/mol. The Morgan fingerprint density at radius 1 is 1.18 bits per heavy atom. The molecule has 3 heterocycles. The van der Waals surface area contributed by atoms with E-state index in [1.165, 1.54) is 16.2 Å². The van der Waals surface area contributed by atoms with E-state index >= 15 is 0 Å². The van der Waals surface area contributed by atoms with Crippen LogP contribution < -0.4 is 15.2 Å². The number of carbonyl (C=O) groups excluding carboxylic acids is 2. The number of benzene rings is 1. The van der Waals surface area contributed by atoms with Gasteiger partial charge in [-0.2, -0.15) is 0 Å². The van der Waals surface area contributed by atoms with Crippen molar-refractivity contribution in [3.05, 3.63) is 23.3 Å². The number of hydrogen-bond donors (Lipinski definition) is 1. The number of fused-ring (bicyclic) bond motifs is 1. The summed E-state index contributed by atoms with van der Waals surface area (Å²) in [7, 11) is 1.01. The molecule has 3 atom stereocenters. The zero-order valence-corrected chi connectivity index (χ0v) is 24.5. The zero-order valence-electron chi connectivity index (χ0n) is 23.6. The van der Waals surface area contributed by atoms with Crippen LogP contribution in [-0.2, 0) is 14.0 Å². The largest absolute Gasteiger partial charge is 0.505 e. The lowest BCUT2D eigenvalue weighted by atomic mass is 9.78. The van der Waals surface area contributed by atoms with E-state index in [1.807, 2.05) is 55.4 Å². The molecule has 4 rings (SSSR count). The van der Waals surface area contributed by atoms with Gasteiger partial charge in [0, 0.05) is 26.8 Å². The lowest BCUT2D eigenvalue weighted by Crippen LogP contribution is -2.61. The average molecular weight is 548 g/mol. The van der Waals surface area contributed by atoms with Crippen LogP contribution in [0.1, 0.15) is 70.8 Å². The third-order valence-electron chi connectivity index (χ3n) is 7.95. The molecule has 0 bridgehead atoms. The van der Waals surface area contributed by atoms with E-state index in [1.54, 1.807) is 19.2 Å². The highest BCUT2D eigenvalue weighted by atomic mass is 32.1. The number of hydrogen-bond acceptors (Lipinski definition) is 7. The minimum Gasteiger partial charge on any atom is -0.496 e. The van der Waals surface area contributed by atoms with E-state index in [0.29, 0.717) is 11.3 Å². The summed E-state index contributed by atoms with van der Waals surface area (Å²) >= 11 is 1.49. The Kier molecular flexibility index (Phi) is 7.29. The molecule has 2 aliphatic heterocycles. The van der Waals surface area contributed by atoms with Crippen LogP contribution in [0.2, 0.25) is 0 Å². The third-order valence-corrected chi connectivity index (χ3v) is 9.21. The Balaban J connectivity index is 1.76. The molecule has 2 aromatic rings. The van der Waals surface area contributed by atoms with E-state index in [4.69, 9.17) is 24.5 Å². The number of piperidine rings is 1. The van der Waals surface area contributed by atoms with Gasteiger partial charge in [-0.05, 0) is 57.7 Å². The summed E-state index contributed by atoms with van der Waals surface area (Å²) in [5.41, 5.74) is 5.12. The summed E-state index contributed by atoms with van der Waals surface area (Å²) in [4.78, 5) is 27.0. The first-order chi connectivity index (χ1) is 17.5. The second-order valence-electron chi connectivity index (χ2n) is 12.3. The highest BCUT2D eigenvalue weighted by Crippen LogP contribution is 2.41. The minimum atomic E-state index is -1.36. The zero-order chi connectivity index (χ0) is 28.4. The molecule has 2 amide bonds. The fourth-order valence-electron chi connectivity index (χ4n) is 5.46. The number of nitrogens with two attached hydrogens (primary N) is 1. The van der Waals surface area contributed by atoms with Crippen LogP contribution in [-0.4, -0.2) is 67.2 Å². The Hall–Kier alpha value is -2.37. The Labute approximate surface area is 228 Å². The van der Waals surface area contributed by atoms with E-state index in [0.717, 1.165) is 20.4 Å². The number of methoxy groups -OCH3 is 1. The predicted octanol–water partition coefficient (Wildman–Crippen LogP) is 4.58. The lowest BCUT2D eigenvalue weighted by Gasteiger charge is -2.48. The molecule has 1 unspecified atom stereocenters. The third kappa shape index (κ3) is 5.00. The maximum absolute atomic E-state index is 14.8. The normalized spacial score (nSPS) is 25.1. The van der Waals surface area contributed by atoms with Gasteiger partial charge in [-0.3, -0.25) is 4.79 Å². The number of thiophene rings is 1. The van der Waals surface area contributed by atoms with Crippen LogP contribution >= 0.6 is 11.3 Å². The molecule has 8 nitrogen and oxygen atoms in total.